The van der Waals surface area contributed by atoms with Crippen molar-refractivity contribution in [1.29, 1.82) is 0 Å². The molecule has 0 radical (unpaired) electrons. The smallest absolute Gasteiger partial charge is 0.357 e. The maximum absolute atomic E-state index is 12.5. The zero-order chi connectivity index (χ0) is 16.7. The number of esters is 1. The molecular formula is C17H20N2O3S. The molecule has 1 unspecified atom stereocenters. The molecule has 0 aliphatic carbocycles. The first-order chi connectivity index (χ1) is 11.2. The maximum Gasteiger partial charge on any atom is 0.357 e. The van der Waals surface area contributed by atoms with Gasteiger partial charge in [-0.25, -0.2) is 9.78 Å². The van der Waals surface area contributed by atoms with Crippen molar-refractivity contribution >= 4 is 28.3 Å². The second-order valence-corrected chi connectivity index (χ2v) is 5.86. The summed E-state index contributed by atoms with van der Waals surface area (Å²) in [5, 5.41) is 4.80. The van der Waals surface area contributed by atoms with E-state index in [4.69, 9.17) is 4.74 Å². The van der Waals surface area contributed by atoms with Crippen molar-refractivity contribution in [3.63, 3.8) is 0 Å². The first kappa shape index (κ1) is 17.1. The van der Waals surface area contributed by atoms with E-state index in [2.05, 4.69) is 10.3 Å². The minimum Gasteiger partial charge on any atom is -0.461 e. The highest BCUT2D eigenvalue weighted by molar-refractivity contribution is 7.14. The van der Waals surface area contributed by atoms with Gasteiger partial charge in [-0.05, 0) is 18.9 Å². The summed E-state index contributed by atoms with van der Waals surface area (Å²) >= 11 is 1.22. The Hall–Kier alpha value is -2.21. The molecule has 1 amide bonds. The van der Waals surface area contributed by atoms with Crippen molar-refractivity contribution in [3.8, 4) is 0 Å². The monoisotopic (exact) mass is 332 g/mol. The van der Waals surface area contributed by atoms with Crippen molar-refractivity contribution in [2.75, 3.05) is 11.9 Å². The number of anilines is 1. The molecule has 0 spiro atoms. The van der Waals surface area contributed by atoms with Gasteiger partial charge in [0.05, 0.1) is 12.5 Å². The Morgan fingerprint density at radius 3 is 2.65 bits per heavy atom. The lowest BCUT2D eigenvalue weighted by Crippen LogP contribution is -2.21. The van der Waals surface area contributed by atoms with Gasteiger partial charge >= 0.3 is 5.97 Å². The third kappa shape index (κ3) is 4.63. The van der Waals surface area contributed by atoms with E-state index in [1.807, 2.05) is 37.3 Å². The zero-order valence-corrected chi connectivity index (χ0v) is 14.1. The average molecular weight is 332 g/mol. The van der Waals surface area contributed by atoms with E-state index in [1.165, 1.54) is 11.3 Å². The van der Waals surface area contributed by atoms with Gasteiger partial charge in [-0.2, -0.15) is 0 Å². The summed E-state index contributed by atoms with van der Waals surface area (Å²) in [6.45, 7) is 4.08. The Kier molecular flexibility index (Phi) is 6.29. The second-order valence-electron chi connectivity index (χ2n) is 5.00. The molecule has 1 N–H and O–H groups in total. The standard InChI is InChI=1S/C17H20N2O3S/c1-3-8-13(12-9-6-5-7-10-12)15(20)19-17-18-14(11-23-17)16(21)22-4-2/h5-7,9-11,13H,3-4,8H2,1-2H3,(H,18,19,20). The summed E-state index contributed by atoms with van der Waals surface area (Å²) < 4.78 is 4.89. The number of carbonyl (C=O) groups is 2. The highest BCUT2D eigenvalue weighted by Gasteiger charge is 2.21. The van der Waals surface area contributed by atoms with Crippen LogP contribution in [0, 0.1) is 0 Å². The summed E-state index contributed by atoms with van der Waals surface area (Å²) in [5.41, 5.74) is 1.20. The van der Waals surface area contributed by atoms with Crippen LogP contribution in [0.1, 0.15) is 48.7 Å². The molecule has 0 aliphatic rings. The molecule has 6 heteroatoms. The van der Waals surface area contributed by atoms with Gasteiger partial charge in [0, 0.05) is 5.38 Å². The predicted molar refractivity (Wildman–Crippen MR) is 90.8 cm³/mol. The summed E-state index contributed by atoms with van der Waals surface area (Å²) in [6, 6.07) is 9.68. The van der Waals surface area contributed by atoms with E-state index in [0.717, 1.165) is 18.4 Å². The molecule has 0 fully saturated rings. The van der Waals surface area contributed by atoms with E-state index >= 15 is 0 Å². The number of amides is 1. The molecule has 1 heterocycles. The maximum atomic E-state index is 12.5. The van der Waals surface area contributed by atoms with Crippen molar-refractivity contribution in [3.05, 3.63) is 47.0 Å². The molecule has 0 aliphatic heterocycles. The van der Waals surface area contributed by atoms with Crippen LogP contribution in [0.25, 0.3) is 0 Å². The number of hydrogen-bond donors (Lipinski definition) is 1. The van der Waals surface area contributed by atoms with Crippen LogP contribution in [0.3, 0.4) is 0 Å². The van der Waals surface area contributed by atoms with Crippen LogP contribution in [0.5, 0.6) is 0 Å². The molecule has 1 aromatic carbocycles. The van der Waals surface area contributed by atoms with Gasteiger partial charge in [-0.1, -0.05) is 43.7 Å². The Balaban J connectivity index is 2.08. The molecule has 5 nitrogen and oxygen atoms in total. The number of rotatable bonds is 7. The quantitative estimate of drug-likeness (QED) is 0.782. The zero-order valence-electron chi connectivity index (χ0n) is 13.2. The second kappa shape index (κ2) is 8.43. The molecule has 0 saturated carbocycles. The number of benzene rings is 1. The molecule has 1 atom stereocenters. The fourth-order valence-electron chi connectivity index (χ4n) is 2.25. The Morgan fingerprint density at radius 2 is 2.00 bits per heavy atom. The lowest BCUT2D eigenvalue weighted by molar-refractivity contribution is -0.117. The van der Waals surface area contributed by atoms with Crippen LogP contribution < -0.4 is 5.32 Å². The summed E-state index contributed by atoms with van der Waals surface area (Å²) in [7, 11) is 0. The van der Waals surface area contributed by atoms with Crippen LogP contribution in [-0.4, -0.2) is 23.5 Å². The Bertz CT molecular complexity index is 655. The third-order valence-electron chi connectivity index (χ3n) is 3.31. The fraction of sp³-hybridized carbons (Fsp3) is 0.353. The lowest BCUT2D eigenvalue weighted by Gasteiger charge is -2.15. The average Bonchev–Trinajstić information content (AvgIpc) is 3.02. The van der Waals surface area contributed by atoms with Crippen LogP contribution in [0.2, 0.25) is 0 Å². The molecule has 2 rings (SSSR count). The Morgan fingerprint density at radius 1 is 1.26 bits per heavy atom. The molecule has 0 saturated heterocycles. The summed E-state index contributed by atoms with van der Waals surface area (Å²) in [4.78, 5) is 28.3. The van der Waals surface area contributed by atoms with E-state index in [9.17, 15) is 9.59 Å². The minimum atomic E-state index is -0.475. The molecule has 1 aromatic heterocycles. The van der Waals surface area contributed by atoms with Gasteiger partial charge in [0.15, 0.2) is 10.8 Å². The van der Waals surface area contributed by atoms with Crippen LogP contribution in [-0.2, 0) is 9.53 Å². The molecule has 23 heavy (non-hydrogen) atoms. The highest BCUT2D eigenvalue weighted by atomic mass is 32.1. The number of nitrogens with zero attached hydrogens (tertiary/aromatic N) is 1. The largest absolute Gasteiger partial charge is 0.461 e. The molecule has 2 aromatic rings. The Labute approximate surface area is 139 Å². The van der Waals surface area contributed by atoms with E-state index < -0.39 is 5.97 Å². The van der Waals surface area contributed by atoms with Crippen molar-refractivity contribution in [2.24, 2.45) is 0 Å². The number of nitrogens with one attached hydrogen (secondary N) is 1. The fourth-order valence-corrected chi connectivity index (χ4v) is 2.93. The number of hydrogen-bond acceptors (Lipinski definition) is 5. The van der Waals surface area contributed by atoms with Crippen LogP contribution >= 0.6 is 11.3 Å². The topological polar surface area (TPSA) is 68.3 Å². The van der Waals surface area contributed by atoms with E-state index in [-0.39, 0.29) is 17.5 Å². The number of carbonyl (C=O) groups excluding carboxylic acids is 2. The van der Waals surface area contributed by atoms with Gasteiger partial charge in [0.1, 0.15) is 0 Å². The minimum absolute atomic E-state index is 0.109. The molecule has 0 bridgehead atoms. The first-order valence-corrected chi connectivity index (χ1v) is 8.52. The van der Waals surface area contributed by atoms with Gasteiger partial charge in [-0.3, -0.25) is 4.79 Å². The number of ether oxygens (including phenoxy) is 1. The normalized spacial score (nSPS) is 11.7. The van der Waals surface area contributed by atoms with E-state index in [1.54, 1.807) is 12.3 Å². The van der Waals surface area contributed by atoms with Gasteiger partial charge in [0.2, 0.25) is 5.91 Å². The number of thiazole rings is 1. The summed E-state index contributed by atoms with van der Waals surface area (Å²) in [6.07, 6.45) is 1.66. The SMILES string of the molecule is CCCC(C(=O)Nc1nc(C(=O)OCC)cs1)c1ccccc1. The number of aromatic nitrogens is 1. The van der Waals surface area contributed by atoms with Crippen LogP contribution in [0.4, 0.5) is 5.13 Å². The predicted octanol–water partition coefficient (Wildman–Crippen LogP) is 3.84. The van der Waals surface area contributed by atoms with Gasteiger partial charge < -0.3 is 10.1 Å². The molecule has 122 valence electrons. The van der Waals surface area contributed by atoms with Crippen molar-refractivity contribution in [1.82, 2.24) is 4.98 Å². The first-order valence-electron chi connectivity index (χ1n) is 7.64. The van der Waals surface area contributed by atoms with Crippen LogP contribution in [0.15, 0.2) is 35.7 Å². The van der Waals surface area contributed by atoms with Crippen molar-refractivity contribution < 1.29 is 14.3 Å². The van der Waals surface area contributed by atoms with Gasteiger partial charge in [0.25, 0.3) is 0 Å². The summed E-state index contributed by atoms with van der Waals surface area (Å²) in [5.74, 6) is -0.809. The van der Waals surface area contributed by atoms with E-state index in [0.29, 0.717) is 11.7 Å². The molecular weight excluding hydrogens is 312 g/mol. The highest BCUT2D eigenvalue weighted by Crippen LogP contribution is 2.24. The third-order valence-corrected chi connectivity index (χ3v) is 4.07. The van der Waals surface area contributed by atoms with Gasteiger partial charge in [-0.15, -0.1) is 11.3 Å². The van der Waals surface area contributed by atoms with Crippen molar-refractivity contribution in [2.45, 2.75) is 32.6 Å². The lowest BCUT2D eigenvalue weighted by atomic mass is 9.94.